The van der Waals surface area contributed by atoms with E-state index in [-0.39, 0.29) is 23.7 Å². The van der Waals surface area contributed by atoms with E-state index in [0.29, 0.717) is 38.3 Å². The number of hydrogen-bond acceptors (Lipinski definition) is 3. The van der Waals surface area contributed by atoms with Crippen LogP contribution in [0, 0.1) is 17.2 Å². The molecule has 2 saturated heterocycles. The molecule has 182 valence electrons. The third kappa shape index (κ3) is 5.11. The van der Waals surface area contributed by atoms with Crippen molar-refractivity contribution in [1.82, 2.24) is 9.80 Å². The lowest BCUT2D eigenvalue weighted by molar-refractivity contribution is -0.143. The third-order valence-corrected chi connectivity index (χ3v) is 7.34. The molecule has 0 bridgehead atoms. The van der Waals surface area contributed by atoms with Gasteiger partial charge < -0.3 is 14.5 Å². The van der Waals surface area contributed by atoms with Crippen LogP contribution < -0.4 is 4.74 Å². The SMILES string of the molecule is COc1ccccc1CC(=O)N1CCC2(CC1)C[C@H](Cc1ccc(F)cc1)N(CC(C)C)C2=O. The fourth-order valence-electron chi connectivity index (χ4n) is 5.55. The molecule has 0 aromatic heterocycles. The van der Waals surface area contributed by atoms with Crippen LogP contribution in [0.25, 0.3) is 0 Å². The zero-order valence-corrected chi connectivity index (χ0v) is 20.4. The normalized spacial score (nSPS) is 19.8. The van der Waals surface area contributed by atoms with Gasteiger partial charge in [-0.2, -0.15) is 0 Å². The van der Waals surface area contributed by atoms with Crippen molar-refractivity contribution in [2.45, 2.75) is 52.0 Å². The maximum absolute atomic E-state index is 13.7. The summed E-state index contributed by atoms with van der Waals surface area (Å²) in [5.74, 6) is 1.16. The molecule has 1 atom stereocenters. The molecule has 34 heavy (non-hydrogen) atoms. The number of halogens is 1. The minimum absolute atomic E-state index is 0.0756. The van der Waals surface area contributed by atoms with Gasteiger partial charge in [0.25, 0.3) is 0 Å². The van der Waals surface area contributed by atoms with E-state index in [1.807, 2.05) is 41.3 Å². The first-order valence-corrected chi connectivity index (χ1v) is 12.3. The lowest BCUT2D eigenvalue weighted by Crippen LogP contribution is -2.47. The van der Waals surface area contributed by atoms with Gasteiger partial charge in [-0.25, -0.2) is 4.39 Å². The Hall–Kier alpha value is -2.89. The Morgan fingerprint density at radius 3 is 2.44 bits per heavy atom. The summed E-state index contributed by atoms with van der Waals surface area (Å²) in [5.41, 5.74) is 1.53. The van der Waals surface area contributed by atoms with E-state index in [4.69, 9.17) is 4.74 Å². The van der Waals surface area contributed by atoms with Crippen molar-refractivity contribution < 1.29 is 18.7 Å². The van der Waals surface area contributed by atoms with Crippen molar-refractivity contribution in [3.05, 3.63) is 65.5 Å². The number of rotatable bonds is 7. The third-order valence-electron chi connectivity index (χ3n) is 7.34. The van der Waals surface area contributed by atoms with E-state index in [0.717, 1.165) is 36.3 Å². The maximum Gasteiger partial charge on any atom is 0.229 e. The van der Waals surface area contributed by atoms with Gasteiger partial charge in [-0.15, -0.1) is 0 Å². The number of amides is 2. The average molecular weight is 467 g/mol. The van der Waals surface area contributed by atoms with Gasteiger partial charge in [0.05, 0.1) is 18.9 Å². The number of carbonyl (C=O) groups is 2. The van der Waals surface area contributed by atoms with Crippen LogP contribution in [-0.2, 0) is 22.4 Å². The summed E-state index contributed by atoms with van der Waals surface area (Å²) in [7, 11) is 1.62. The lowest BCUT2D eigenvalue weighted by Gasteiger charge is -2.38. The first-order valence-electron chi connectivity index (χ1n) is 12.3. The molecule has 4 rings (SSSR count). The van der Waals surface area contributed by atoms with Crippen LogP contribution in [0.5, 0.6) is 5.75 Å². The van der Waals surface area contributed by atoms with E-state index < -0.39 is 5.41 Å². The number of likely N-dealkylation sites (tertiary alicyclic amines) is 2. The van der Waals surface area contributed by atoms with Crippen LogP contribution >= 0.6 is 0 Å². The van der Waals surface area contributed by atoms with Crippen LogP contribution in [0.3, 0.4) is 0 Å². The Kier molecular flexibility index (Phi) is 7.24. The highest BCUT2D eigenvalue weighted by molar-refractivity contribution is 5.86. The van der Waals surface area contributed by atoms with Gasteiger partial charge >= 0.3 is 0 Å². The van der Waals surface area contributed by atoms with E-state index in [2.05, 4.69) is 18.7 Å². The van der Waals surface area contributed by atoms with Crippen LogP contribution in [0.4, 0.5) is 4.39 Å². The van der Waals surface area contributed by atoms with Gasteiger partial charge in [-0.3, -0.25) is 9.59 Å². The summed E-state index contributed by atoms with van der Waals surface area (Å²) in [4.78, 5) is 30.6. The molecule has 0 saturated carbocycles. The molecule has 2 aromatic carbocycles. The molecular formula is C28H35FN2O3. The Balaban J connectivity index is 1.44. The fourth-order valence-corrected chi connectivity index (χ4v) is 5.55. The van der Waals surface area contributed by atoms with Crippen molar-refractivity contribution in [2.75, 3.05) is 26.7 Å². The zero-order valence-electron chi connectivity index (χ0n) is 20.4. The Morgan fingerprint density at radius 1 is 1.12 bits per heavy atom. The highest BCUT2D eigenvalue weighted by Crippen LogP contribution is 2.45. The second-order valence-corrected chi connectivity index (χ2v) is 10.2. The number of hydrogen-bond donors (Lipinski definition) is 0. The molecule has 0 unspecified atom stereocenters. The van der Waals surface area contributed by atoms with Crippen molar-refractivity contribution in [1.29, 1.82) is 0 Å². The second kappa shape index (κ2) is 10.2. The van der Waals surface area contributed by atoms with E-state index in [9.17, 15) is 14.0 Å². The van der Waals surface area contributed by atoms with Gasteiger partial charge in [0.2, 0.25) is 11.8 Å². The number of carbonyl (C=O) groups excluding carboxylic acids is 2. The van der Waals surface area contributed by atoms with Crippen LogP contribution in [0.15, 0.2) is 48.5 Å². The number of methoxy groups -OCH3 is 1. The summed E-state index contributed by atoms with van der Waals surface area (Å²) in [6, 6.07) is 14.3. The zero-order chi connectivity index (χ0) is 24.3. The van der Waals surface area contributed by atoms with Gasteiger partial charge in [0, 0.05) is 31.2 Å². The number of benzene rings is 2. The molecule has 2 fully saturated rings. The van der Waals surface area contributed by atoms with Crippen molar-refractivity contribution >= 4 is 11.8 Å². The molecule has 1 spiro atoms. The molecule has 2 aromatic rings. The predicted molar refractivity (Wildman–Crippen MR) is 130 cm³/mol. The monoisotopic (exact) mass is 466 g/mol. The summed E-state index contributed by atoms with van der Waals surface area (Å²) < 4.78 is 18.8. The van der Waals surface area contributed by atoms with E-state index in [1.54, 1.807) is 7.11 Å². The van der Waals surface area contributed by atoms with Crippen LogP contribution in [-0.4, -0.2) is 54.4 Å². The number of ether oxygens (including phenoxy) is 1. The lowest BCUT2D eigenvalue weighted by atomic mass is 9.75. The van der Waals surface area contributed by atoms with Gasteiger partial charge in [-0.1, -0.05) is 44.2 Å². The Morgan fingerprint density at radius 2 is 1.79 bits per heavy atom. The maximum atomic E-state index is 13.7. The standard InChI is InChI=1S/C28H35FN2O3/c1-20(2)19-31-24(16-21-8-10-23(29)11-9-21)18-28(27(31)33)12-14-30(15-13-28)26(32)17-22-6-4-5-7-25(22)34-3/h4-11,20,24H,12-19H2,1-3H3/t24-/m0/s1. The molecule has 2 aliphatic rings. The minimum atomic E-state index is -0.402. The average Bonchev–Trinajstić information content (AvgIpc) is 3.06. The van der Waals surface area contributed by atoms with Gasteiger partial charge in [0.1, 0.15) is 11.6 Å². The molecule has 0 N–H and O–H groups in total. The molecular weight excluding hydrogens is 431 g/mol. The minimum Gasteiger partial charge on any atom is -0.496 e. The van der Waals surface area contributed by atoms with Gasteiger partial charge in [-0.05, 0) is 55.4 Å². The van der Waals surface area contributed by atoms with Crippen LogP contribution in [0.2, 0.25) is 0 Å². The van der Waals surface area contributed by atoms with Crippen LogP contribution in [0.1, 0.15) is 44.2 Å². The summed E-state index contributed by atoms with van der Waals surface area (Å²) in [6.45, 7) is 6.18. The number of para-hydroxylation sites is 1. The smallest absolute Gasteiger partial charge is 0.229 e. The quantitative estimate of drug-likeness (QED) is 0.604. The largest absolute Gasteiger partial charge is 0.496 e. The first-order chi connectivity index (χ1) is 16.3. The van der Waals surface area contributed by atoms with E-state index in [1.165, 1.54) is 12.1 Å². The van der Waals surface area contributed by atoms with Crippen molar-refractivity contribution in [2.24, 2.45) is 11.3 Å². The summed E-state index contributed by atoms with van der Waals surface area (Å²) >= 11 is 0. The summed E-state index contributed by atoms with van der Waals surface area (Å²) in [5, 5.41) is 0. The topological polar surface area (TPSA) is 49.9 Å². The molecule has 6 heteroatoms. The predicted octanol–water partition coefficient (Wildman–Crippen LogP) is 4.49. The molecule has 2 amide bonds. The Labute approximate surface area is 201 Å². The highest BCUT2D eigenvalue weighted by atomic mass is 19.1. The summed E-state index contributed by atoms with van der Waals surface area (Å²) in [6.07, 6.45) is 3.22. The fraction of sp³-hybridized carbons (Fsp3) is 0.500. The number of nitrogens with zero attached hydrogens (tertiary/aromatic N) is 2. The molecule has 0 aliphatic carbocycles. The first kappa shape index (κ1) is 24.2. The highest BCUT2D eigenvalue weighted by Gasteiger charge is 2.52. The second-order valence-electron chi connectivity index (χ2n) is 10.2. The van der Waals surface area contributed by atoms with Crippen molar-refractivity contribution in [3.8, 4) is 5.75 Å². The number of piperidine rings is 1. The molecule has 2 aliphatic heterocycles. The van der Waals surface area contributed by atoms with Gasteiger partial charge in [0.15, 0.2) is 0 Å². The van der Waals surface area contributed by atoms with E-state index >= 15 is 0 Å². The molecule has 2 heterocycles. The molecule has 0 radical (unpaired) electrons. The van der Waals surface area contributed by atoms with Crippen molar-refractivity contribution in [3.63, 3.8) is 0 Å². The Bertz CT molecular complexity index is 1010. The molecule has 5 nitrogen and oxygen atoms in total.